The minimum absolute atomic E-state index is 0.829. The van der Waals surface area contributed by atoms with E-state index in [0.717, 1.165) is 17.9 Å². The molecule has 78 valence electrons. The molecule has 0 heterocycles. The molecule has 2 atom stereocenters. The number of hydrogen-bond donors (Lipinski definition) is 1. The Bertz CT molecular complexity index is 129. The summed E-state index contributed by atoms with van der Waals surface area (Å²) in [5.74, 6) is 1.86. The molecule has 0 amide bonds. The minimum atomic E-state index is 0.829. The zero-order valence-electron chi connectivity index (χ0n) is 9.47. The summed E-state index contributed by atoms with van der Waals surface area (Å²) in [4.78, 5) is 0. The number of rotatable bonds is 5. The Morgan fingerprint density at radius 1 is 1.23 bits per heavy atom. The lowest BCUT2D eigenvalue weighted by atomic mass is 10.0. The first-order chi connectivity index (χ1) is 6.26. The molecule has 1 fully saturated rings. The van der Waals surface area contributed by atoms with Crippen LogP contribution in [0, 0.1) is 11.8 Å². The largest absolute Gasteiger partial charge is 0.314 e. The Labute approximate surface area is 83.3 Å². The van der Waals surface area contributed by atoms with E-state index in [1.165, 1.54) is 38.6 Å². The fourth-order valence-corrected chi connectivity index (χ4v) is 2.30. The van der Waals surface area contributed by atoms with E-state index in [4.69, 9.17) is 0 Å². The summed E-state index contributed by atoms with van der Waals surface area (Å²) < 4.78 is 0. The monoisotopic (exact) mass is 183 g/mol. The van der Waals surface area contributed by atoms with Gasteiger partial charge in [-0.15, -0.1) is 0 Å². The molecule has 2 unspecified atom stereocenters. The Morgan fingerprint density at radius 3 is 2.38 bits per heavy atom. The third kappa shape index (κ3) is 3.68. The Morgan fingerprint density at radius 2 is 1.92 bits per heavy atom. The highest BCUT2D eigenvalue weighted by molar-refractivity contribution is 4.78. The standard InChI is InChI=1S/C12H25N/c1-4-11(5-2)9-13-12-7-6-10(3)8-12/h10-13H,4-9H2,1-3H3. The van der Waals surface area contributed by atoms with Gasteiger partial charge in [0.2, 0.25) is 0 Å². The summed E-state index contributed by atoms with van der Waals surface area (Å²) in [6.45, 7) is 8.21. The second kappa shape index (κ2) is 5.64. The van der Waals surface area contributed by atoms with E-state index in [9.17, 15) is 0 Å². The molecule has 0 saturated heterocycles. The molecule has 0 spiro atoms. The van der Waals surface area contributed by atoms with Gasteiger partial charge in [0.15, 0.2) is 0 Å². The van der Waals surface area contributed by atoms with Gasteiger partial charge in [-0.05, 0) is 37.6 Å². The van der Waals surface area contributed by atoms with Crippen molar-refractivity contribution in [3.8, 4) is 0 Å². The van der Waals surface area contributed by atoms with Crippen LogP contribution >= 0.6 is 0 Å². The van der Waals surface area contributed by atoms with Gasteiger partial charge in [0.05, 0.1) is 0 Å². The van der Waals surface area contributed by atoms with Gasteiger partial charge in [-0.25, -0.2) is 0 Å². The zero-order valence-corrected chi connectivity index (χ0v) is 9.47. The van der Waals surface area contributed by atoms with Crippen molar-refractivity contribution in [1.29, 1.82) is 0 Å². The molecular formula is C12H25N. The SMILES string of the molecule is CCC(CC)CNC1CCC(C)C1. The molecule has 1 saturated carbocycles. The molecule has 0 bridgehead atoms. The molecule has 1 rings (SSSR count). The van der Waals surface area contributed by atoms with E-state index in [-0.39, 0.29) is 0 Å². The van der Waals surface area contributed by atoms with Crippen molar-refractivity contribution in [3.05, 3.63) is 0 Å². The predicted octanol–water partition coefficient (Wildman–Crippen LogP) is 3.20. The van der Waals surface area contributed by atoms with Crippen LogP contribution in [0.3, 0.4) is 0 Å². The average molecular weight is 183 g/mol. The molecule has 0 aliphatic heterocycles. The van der Waals surface area contributed by atoms with Crippen molar-refractivity contribution in [1.82, 2.24) is 5.32 Å². The molecular weight excluding hydrogens is 158 g/mol. The predicted molar refractivity (Wildman–Crippen MR) is 58.9 cm³/mol. The Kier molecular flexibility index (Phi) is 4.79. The fourth-order valence-electron chi connectivity index (χ4n) is 2.30. The average Bonchev–Trinajstić information content (AvgIpc) is 2.53. The molecule has 1 nitrogen and oxygen atoms in total. The summed E-state index contributed by atoms with van der Waals surface area (Å²) in [6, 6.07) is 0.829. The van der Waals surface area contributed by atoms with Crippen LogP contribution in [0.15, 0.2) is 0 Å². The third-order valence-corrected chi connectivity index (χ3v) is 3.54. The van der Waals surface area contributed by atoms with E-state index in [1.54, 1.807) is 0 Å². The summed E-state index contributed by atoms with van der Waals surface area (Å²) in [5, 5.41) is 3.71. The lowest BCUT2D eigenvalue weighted by Crippen LogP contribution is -2.31. The quantitative estimate of drug-likeness (QED) is 0.690. The van der Waals surface area contributed by atoms with Gasteiger partial charge >= 0.3 is 0 Å². The summed E-state index contributed by atoms with van der Waals surface area (Å²) in [5.41, 5.74) is 0. The Balaban J connectivity index is 2.11. The molecule has 0 aromatic heterocycles. The van der Waals surface area contributed by atoms with Gasteiger partial charge in [-0.2, -0.15) is 0 Å². The number of hydrogen-bond acceptors (Lipinski definition) is 1. The van der Waals surface area contributed by atoms with Crippen molar-refractivity contribution in [2.24, 2.45) is 11.8 Å². The Hall–Kier alpha value is -0.0400. The third-order valence-electron chi connectivity index (χ3n) is 3.54. The number of nitrogens with one attached hydrogen (secondary N) is 1. The second-order valence-electron chi connectivity index (χ2n) is 4.71. The lowest BCUT2D eigenvalue weighted by Gasteiger charge is -2.17. The molecule has 13 heavy (non-hydrogen) atoms. The first-order valence-electron chi connectivity index (χ1n) is 5.99. The van der Waals surface area contributed by atoms with Gasteiger partial charge in [0.1, 0.15) is 0 Å². The van der Waals surface area contributed by atoms with Crippen molar-refractivity contribution in [2.45, 2.75) is 58.9 Å². The molecule has 0 aromatic carbocycles. The van der Waals surface area contributed by atoms with Gasteiger partial charge < -0.3 is 5.32 Å². The van der Waals surface area contributed by atoms with E-state index in [0.29, 0.717) is 0 Å². The summed E-state index contributed by atoms with van der Waals surface area (Å²) >= 11 is 0. The lowest BCUT2D eigenvalue weighted by molar-refractivity contribution is 0.404. The van der Waals surface area contributed by atoms with Gasteiger partial charge in [0, 0.05) is 6.04 Å². The van der Waals surface area contributed by atoms with Gasteiger partial charge in [-0.3, -0.25) is 0 Å². The maximum Gasteiger partial charge on any atom is 0.00698 e. The van der Waals surface area contributed by atoms with Crippen LogP contribution in [0.5, 0.6) is 0 Å². The van der Waals surface area contributed by atoms with Crippen molar-refractivity contribution in [3.63, 3.8) is 0 Å². The van der Waals surface area contributed by atoms with Crippen LogP contribution in [0.25, 0.3) is 0 Å². The van der Waals surface area contributed by atoms with Crippen LogP contribution in [-0.4, -0.2) is 12.6 Å². The maximum atomic E-state index is 3.71. The van der Waals surface area contributed by atoms with Crippen molar-refractivity contribution < 1.29 is 0 Å². The molecule has 1 heteroatoms. The van der Waals surface area contributed by atoms with Crippen molar-refractivity contribution in [2.75, 3.05) is 6.54 Å². The van der Waals surface area contributed by atoms with Crippen LogP contribution in [0.2, 0.25) is 0 Å². The smallest absolute Gasteiger partial charge is 0.00698 e. The van der Waals surface area contributed by atoms with E-state index < -0.39 is 0 Å². The second-order valence-corrected chi connectivity index (χ2v) is 4.71. The maximum absolute atomic E-state index is 3.71. The van der Waals surface area contributed by atoms with Crippen LogP contribution in [0.4, 0.5) is 0 Å². The van der Waals surface area contributed by atoms with Gasteiger partial charge in [0.25, 0.3) is 0 Å². The minimum Gasteiger partial charge on any atom is -0.314 e. The van der Waals surface area contributed by atoms with Crippen molar-refractivity contribution >= 4 is 0 Å². The normalized spacial score (nSPS) is 28.6. The highest BCUT2D eigenvalue weighted by atomic mass is 14.9. The van der Waals surface area contributed by atoms with Gasteiger partial charge in [-0.1, -0.05) is 33.6 Å². The summed E-state index contributed by atoms with van der Waals surface area (Å²) in [7, 11) is 0. The van der Waals surface area contributed by atoms with Crippen LogP contribution < -0.4 is 5.32 Å². The fraction of sp³-hybridized carbons (Fsp3) is 1.00. The highest BCUT2D eigenvalue weighted by Crippen LogP contribution is 2.24. The highest BCUT2D eigenvalue weighted by Gasteiger charge is 2.20. The topological polar surface area (TPSA) is 12.0 Å². The van der Waals surface area contributed by atoms with E-state index >= 15 is 0 Å². The molecule has 0 aromatic rings. The van der Waals surface area contributed by atoms with Crippen LogP contribution in [0.1, 0.15) is 52.9 Å². The van der Waals surface area contributed by atoms with Crippen LogP contribution in [-0.2, 0) is 0 Å². The molecule has 1 N–H and O–H groups in total. The molecule has 1 aliphatic rings. The van der Waals surface area contributed by atoms with E-state index in [1.807, 2.05) is 0 Å². The first-order valence-corrected chi connectivity index (χ1v) is 5.99. The first kappa shape index (κ1) is 11.0. The molecule has 1 aliphatic carbocycles. The van der Waals surface area contributed by atoms with E-state index in [2.05, 4.69) is 26.1 Å². The summed E-state index contributed by atoms with van der Waals surface area (Å²) in [6.07, 6.45) is 6.89. The molecule has 0 radical (unpaired) electrons. The zero-order chi connectivity index (χ0) is 9.68.